The lowest BCUT2D eigenvalue weighted by Gasteiger charge is -2.17. The van der Waals surface area contributed by atoms with Crippen molar-refractivity contribution in [3.8, 4) is 17.4 Å². The molecule has 0 saturated carbocycles. The van der Waals surface area contributed by atoms with Crippen LogP contribution in [0, 0.1) is 0 Å². The summed E-state index contributed by atoms with van der Waals surface area (Å²) in [6.07, 6.45) is 0.724. The van der Waals surface area contributed by atoms with Crippen molar-refractivity contribution >= 4 is 16.8 Å². The van der Waals surface area contributed by atoms with Gasteiger partial charge in [-0.1, -0.05) is 18.2 Å². The van der Waals surface area contributed by atoms with Gasteiger partial charge >= 0.3 is 0 Å². The van der Waals surface area contributed by atoms with Crippen molar-refractivity contribution < 1.29 is 19.0 Å². The Kier molecular flexibility index (Phi) is 5.79. The average molecular weight is 392 g/mol. The first-order chi connectivity index (χ1) is 14.2. The van der Waals surface area contributed by atoms with Crippen molar-refractivity contribution in [1.82, 2.24) is 9.88 Å². The number of para-hydroxylation sites is 1. The Morgan fingerprint density at radius 3 is 2.59 bits per heavy atom. The maximum atomic E-state index is 12.5. The number of hydrogen-bond donors (Lipinski definition) is 0. The van der Waals surface area contributed by atoms with Crippen LogP contribution in [0.1, 0.15) is 13.3 Å². The number of amides is 1. The van der Waals surface area contributed by atoms with Crippen LogP contribution in [0.5, 0.6) is 17.4 Å². The van der Waals surface area contributed by atoms with E-state index in [-0.39, 0.29) is 18.6 Å². The number of benzene rings is 2. The van der Waals surface area contributed by atoms with E-state index in [1.54, 1.807) is 17.0 Å². The number of carbonyl (C=O) groups is 1. The van der Waals surface area contributed by atoms with Gasteiger partial charge in [0, 0.05) is 24.4 Å². The molecule has 0 N–H and O–H groups in total. The first-order valence-electron chi connectivity index (χ1n) is 9.87. The van der Waals surface area contributed by atoms with Gasteiger partial charge in [0.2, 0.25) is 5.88 Å². The summed E-state index contributed by atoms with van der Waals surface area (Å²) in [5, 5.41) is 1.08. The SMILES string of the molecule is CCOc1ccc(OCC(=O)N2CCC(Oc3ccc4ccccc4n3)C2)cc1. The Hall–Kier alpha value is -3.28. The van der Waals surface area contributed by atoms with E-state index in [1.807, 2.05) is 55.5 Å². The fourth-order valence-corrected chi connectivity index (χ4v) is 3.37. The normalized spacial score (nSPS) is 16.0. The number of carbonyl (C=O) groups excluding carboxylic acids is 1. The third-order valence-electron chi connectivity index (χ3n) is 4.86. The summed E-state index contributed by atoms with van der Waals surface area (Å²) in [5.74, 6) is 1.98. The second kappa shape index (κ2) is 8.82. The van der Waals surface area contributed by atoms with Gasteiger partial charge in [0.25, 0.3) is 5.91 Å². The highest BCUT2D eigenvalue weighted by Crippen LogP contribution is 2.21. The number of rotatable bonds is 7. The lowest BCUT2D eigenvalue weighted by atomic mass is 10.2. The van der Waals surface area contributed by atoms with E-state index in [0.717, 1.165) is 23.1 Å². The Bertz CT molecular complexity index is 974. The van der Waals surface area contributed by atoms with Crippen molar-refractivity contribution in [3.05, 3.63) is 60.7 Å². The summed E-state index contributed by atoms with van der Waals surface area (Å²) in [6.45, 7) is 3.76. The molecular weight excluding hydrogens is 368 g/mol. The van der Waals surface area contributed by atoms with E-state index in [1.165, 1.54) is 0 Å². The quantitative estimate of drug-likeness (QED) is 0.614. The molecule has 6 heteroatoms. The maximum absolute atomic E-state index is 12.5. The fourth-order valence-electron chi connectivity index (χ4n) is 3.37. The van der Waals surface area contributed by atoms with Gasteiger partial charge in [-0.15, -0.1) is 0 Å². The minimum absolute atomic E-state index is 0.00886. The molecule has 150 valence electrons. The zero-order chi connectivity index (χ0) is 20.1. The van der Waals surface area contributed by atoms with E-state index < -0.39 is 0 Å². The highest BCUT2D eigenvalue weighted by atomic mass is 16.5. The van der Waals surface area contributed by atoms with Crippen LogP contribution in [-0.2, 0) is 4.79 Å². The second-order valence-electron chi connectivity index (χ2n) is 6.90. The number of fused-ring (bicyclic) bond motifs is 1. The highest BCUT2D eigenvalue weighted by Gasteiger charge is 2.28. The van der Waals surface area contributed by atoms with Gasteiger partial charge in [0.05, 0.1) is 18.7 Å². The molecule has 2 aromatic carbocycles. The maximum Gasteiger partial charge on any atom is 0.260 e. The zero-order valence-electron chi connectivity index (χ0n) is 16.4. The molecule has 0 spiro atoms. The van der Waals surface area contributed by atoms with Crippen molar-refractivity contribution in [2.75, 3.05) is 26.3 Å². The van der Waals surface area contributed by atoms with Crippen LogP contribution < -0.4 is 14.2 Å². The van der Waals surface area contributed by atoms with Crippen LogP contribution in [-0.4, -0.2) is 48.2 Å². The van der Waals surface area contributed by atoms with Crippen molar-refractivity contribution in [2.24, 2.45) is 0 Å². The number of likely N-dealkylation sites (tertiary alicyclic amines) is 1. The molecule has 29 heavy (non-hydrogen) atoms. The van der Waals surface area contributed by atoms with Gasteiger partial charge in [-0.2, -0.15) is 0 Å². The summed E-state index contributed by atoms with van der Waals surface area (Å²) in [7, 11) is 0. The topological polar surface area (TPSA) is 60.9 Å². The number of nitrogens with zero attached hydrogens (tertiary/aromatic N) is 2. The molecule has 2 heterocycles. The summed E-state index contributed by atoms with van der Waals surface area (Å²) in [4.78, 5) is 18.8. The smallest absolute Gasteiger partial charge is 0.260 e. The van der Waals surface area contributed by atoms with E-state index in [2.05, 4.69) is 4.98 Å². The lowest BCUT2D eigenvalue weighted by Crippen LogP contribution is -2.34. The summed E-state index contributed by atoms with van der Waals surface area (Å²) >= 11 is 0. The van der Waals surface area contributed by atoms with Gasteiger partial charge in [0.15, 0.2) is 6.61 Å². The molecule has 1 aromatic heterocycles. The molecule has 0 radical (unpaired) electrons. The molecule has 6 nitrogen and oxygen atoms in total. The monoisotopic (exact) mass is 392 g/mol. The van der Waals surface area contributed by atoms with E-state index in [0.29, 0.717) is 31.3 Å². The number of ether oxygens (including phenoxy) is 3. The second-order valence-corrected chi connectivity index (χ2v) is 6.90. The summed E-state index contributed by atoms with van der Waals surface area (Å²) < 4.78 is 17.0. The van der Waals surface area contributed by atoms with Crippen molar-refractivity contribution in [3.63, 3.8) is 0 Å². The fraction of sp³-hybridized carbons (Fsp3) is 0.304. The first-order valence-corrected chi connectivity index (χ1v) is 9.87. The molecule has 1 aliphatic heterocycles. The largest absolute Gasteiger partial charge is 0.494 e. The van der Waals surface area contributed by atoms with Crippen molar-refractivity contribution in [2.45, 2.75) is 19.4 Å². The molecule has 0 bridgehead atoms. The molecule has 1 amide bonds. The molecule has 0 aliphatic carbocycles. The van der Waals surface area contributed by atoms with Crippen LogP contribution in [0.4, 0.5) is 0 Å². The summed E-state index contributed by atoms with van der Waals surface area (Å²) in [6, 6.07) is 19.1. The zero-order valence-corrected chi connectivity index (χ0v) is 16.4. The minimum atomic E-state index is -0.0573. The minimum Gasteiger partial charge on any atom is -0.494 e. The van der Waals surface area contributed by atoms with Crippen LogP contribution in [0.2, 0.25) is 0 Å². The third-order valence-corrected chi connectivity index (χ3v) is 4.86. The average Bonchev–Trinajstić information content (AvgIpc) is 3.22. The van der Waals surface area contributed by atoms with Gasteiger partial charge < -0.3 is 19.1 Å². The summed E-state index contributed by atoms with van der Waals surface area (Å²) in [5.41, 5.74) is 0.902. The number of pyridine rings is 1. The molecule has 1 fully saturated rings. The Labute approximate surface area is 170 Å². The molecular formula is C23H24N2O4. The third kappa shape index (κ3) is 4.77. The highest BCUT2D eigenvalue weighted by molar-refractivity contribution is 5.79. The molecule has 3 aromatic rings. The van der Waals surface area contributed by atoms with Crippen LogP contribution in [0.25, 0.3) is 10.9 Å². The lowest BCUT2D eigenvalue weighted by molar-refractivity contribution is -0.132. The predicted molar refractivity (Wildman–Crippen MR) is 110 cm³/mol. The molecule has 1 saturated heterocycles. The van der Waals surface area contributed by atoms with Crippen LogP contribution in [0.15, 0.2) is 60.7 Å². The Morgan fingerprint density at radius 1 is 1.03 bits per heavy atom. The van der Waals surface area contributed by atoms with E-state index >= 15 is 0 Å². The Balaban J connectivity index is 1.27. The van der Waals surface area contributed by atoms with Gasteiger partial charge in [0.1, 0.15) is 17.6 Å². The molecule has 1 unspecified atom stereocenters. The molecule has 1 aliphatic rings. The number of aromatic nitrogens is 1. The van der Waals surface area contributed by atoms with Gasteiger partial charge in [-0.05, 0) is 43.3 Å². The molecule has 4 rings (SSSR count). The Morgan fingerprint density at radius 2 is 1.79 bits per heavy atom. The van der Waals surface area contributed by atoms with Crippen LogP contribution in [0.3, 0.4) is 0 Å². The number of hydrogen-bond acceptors (Lipinski definition) is 5. The van der Waals surface area contributed by atoms with Gasteiger partial charge in [-0.25, -0.2) is 4.98 Å². The standard InChI is InChI=1S/C23H24N2O4/c1-2-27-18-8-10-19(11-9-18)28-16-23(26)25-14-13-20(15-25)29-22-12-7-17-5-3-4-6-21(17)24-22/h3-12,20H,2,13-16H2,1H3. The molecule has 1 atom stereocenters. The van der Waals surface area contributed by atoms with E-state index in [4.69, 9.17) is 14.2 Å². The predicted octanol–water partition coefficient (Wildman–Crippen LogP) is 3.69. The van der Waals surface area contributed by atoms with Gasteiger partial charge in [-0.3, -0.25) is 4.79 Å². The van der Waals surface area contributed by atoms with E-state index in [9.17, 15) is 4.79 Å². The van der Waals surface area contributed by atoms with Crippen molar-refractivity contribution in [1.29, 1.82) is 0 Å². The first kappa shape index (κ1) is 19.1. The van der Waals surface area contributed by atoms with Crippen LogP contribution >= 0.6 is 0 Å².